The summed E-state index contributed by atoms with van der Waals surface area (Å²) in [6.07, 6.45) is 3.54. The highest BCUT2D eigenvalue weighted by molar-refractivity contribution is 8.26. The minimum atomic E-state index is -0.391. The summed E-state index contributed by atoms with van der Waals surface area (Å²) in [4.78, 5) is 16.9. The molecule has 1 N–H and O–H groups in total. The Labute approximate surface area is 190 Å². The van der Waals surface area contributed by atoms with E-state index >= 15 is 0 Å². The fourth-order valence-corrected chi connectivity index (χ4v) is 5.14. The Morgan fingerprint density at radius 3 is 2.66 bits per heavy atom. The highest BCUT2D eigenvalue weighted by Crippen LogP contribution is 2.31. The summed E-state index contributed by atoms with van der Waals surface area (Å²) in [5.41, 5.74) is 4.29. The van der Waals surface area contributed by atoms with Crippen LogP contribution in [0.5, 0.6) is 0 Å². The van der Waals surface area contributed by atoms with Crippen LogP contribution in [0.3, 0.4) is 0 Å². The maximum absolute atomic E-state index is 12.7. The average molecular weight is 442 g/mol. The van der Waals surface area contributed by atoms with Crippen molar-refractivity contribution in [2.75, 3.05) is 0 Å². The van der Waals surface area contributed by atoms with Gasteiger partial charge in [-0.25, -0.2) is 0 Å². The van der Waals surface area contributed by atoms with Gasteiger partial charge in [-0.05, 0) is 79.1 Å². The molecule has 0 fully saturated rings. The lowest BCUT2D eigenvalue weighted by molar-refractivity contribution is -0.114. The first-order valence-electron chi connectivity index (χ1n) is 10.6. The third kappa shape index (κ3) is 3.39. The lowest BCUT2D eigenvalue weighted by Gasteiger charge is -2.20. The summed E-state index contributed by atoms with van der Waals surface area (Å²) in [6.45, 7) is 6.16. The number of nitrogens with zero attached hydrogens (tertiary/aromatic N) is 4. The summed E-state index contributed by atoms with van der Waals surface area (Å²) < 4.78 is 2.17. The van der Waals surface area contributed by atoms with E-state index in [9.17, 15) is 4.79 Å². The minimum absolute atomic E-state index is 0.0779. The van der Waals surface area contributed by atoms with Crippen molar-refractivity contribution in [3.63, 3.8) is 0 Å². The van der Waals surface area contributed by atoms with Crippen molar-refractivity contribution < 1.29 is 4.79 Å². The van der Waals surface area contributed by atoms with Crippen LogP contribution >= 0.6 is 11.8 Å². The molecule has 3 aromatic rings. The second-order valence-electron chi connectivity index (χ2n) is 7.96. The summed E-state index contributed by atoms with van der Waals surface area (Å²) in [7, 11) is 0. The molecule has 0 bridgehead atoms. The Hall–Kier alpha value is -3.45. The minimum Gasteiger partial charge on any atom is -0.318 e. The number of hydrogen-bond acceptors (Lipinski definition) is 4. The molecule has 3 heterocycles. The Balaban J connectivity index is 1.54. The van der Waals surface area contributed by atoms with Crippen LogP contribution in [-0.4, -0.2) is 31.5 Å². The Morgan fingerprint density at radius 2 is 1.88 bits per heavy atom. The van der Waals surface area contributed by atoms with Crippen molar-refractivity contribution >= 4 is 50.6 Å². The number of amidine groups is 2. The van der Waals surface area contributed by atoms with Gasteiger partial charge in [0.2, 0.25) is 5.17 Å². The van der Waals surface area contributed by atoms with Crippen LogP contribution in [0.4, 0.5) is 0 Å². The van der Waals surface area contributed by atoms with Crippen molar-refractivity contribution in [2.45, 2.75) is 33.6 Å². The van der Waals surface area contributed by atoms with E-state index in [1.807, 2.05) is 32.0 Å². The highest BCUT2D eigenvalue weighted by atomic mass is 32.2. The number of rotatable bonds is 4. The van der Waals surface area contributed by atoms with E-state index in [4.69, 9.17) is 5.41 Å². The van der Waals surface area contributed by atoms with E-state index in [0.29, 0.717) is 5.17 Å². The number of aromatic nitrogens is 1. The van der Waals surface area contributed by atoms with Crippen LogP contribution < -0.4 is 0 Å². The maximum Gasteiger partial charge on any atom is 0.283 e. The number of carbonyl (C=O) groups is 1. The third-order valence-electron chi connectivity index (χ3n) is 5.72. The number of benzene rings is 2. The van der Waals surface area contributed by atoms with Crippen molar-refractivity contribution in [1.82, 2.24) is 9.58 Å². The molecule has 1 aromatic heterocycles. The number of nitrogens with one attached hydrogen (secondary N) is 1. The van der Waals surface area contributed by atoms with E-state index in [1.54, 1.807) is 6.08 Å². The van der Waals surface area contributed by atoms with Crippen LogP contribution in [-0.2, 0) is 4.79 Å². The summed E-state index contributed by atoms with van der Waals surface area (Å²) >= 11 is 1.38. The topological polar surface area (TPSA) is 73.8 Å². The summed E-state index contributed by atoms with van der Waals surface area (Å²) in [6, 6.07) is 16.7. The lowest BCUT2D eigenvalue weighted by Crippen LogP contribution is -2.35. The predicted octanol–water partition coefficient (Wildman–Crippen LogP) is 5.67. The van der Waals surface area contributed by atoms with Gasteiger partial charge >= 0.3 is 0 Å². The first-order valence-corrected chi connectivity index (χ1v) is 11.4. The van der Waals surface area contributed by atoms with Gasteiger partial charge in [-0.1, -0.05) is 37.3 Å². The molecule has 2 aliphatic heterocycles. The van der Waals surface area contributed by atoms with Gasteiger partial charge in [-0.3, -0.25) is 10.2 Å². The Kier molecular flexibility index (Phi) is 5.06. The molecule has 6 nitrogen and oxygen atoms in total. The van der Waals surface area contributed by atoms with Crippen LogP contribution in [0.1, 0.15) is 36.7 Å². The van der Waals surface area contributed by atoms with Crippen molar-refractivity contribution in [2.24, 2.45) is 10.1 Å². The fourth-order valence-electron chi connectivity index (χ4n) is 4.15. The first-order chi connectivity index (χ1) is 15.5. The van der Waals surface area contributed by atoms with E-state index in [1.165, 1.54) is 27.5 Å². The molecule has 0 saturated heterocycles. The molecule has 7 heteroatoms. The Morgan fingerprint density at radius 1 is 1.09 bits per heavy atom. The van der Waals surface area contributed by atoms with E-state index in [0.717, 1.165) is 40.5 Å². The zero-order valence-corrected chi connectivity index (χ0v) is 19.0. The van der Waals surface area contributed by atoms with Crippen molar-refractivity contribution in [1.29, 1.82) is 5.41 Å². The van der Waals surface area contributed by atoms with Gasteiger partial charge in [0.15, 0.2) is 5.84 Å². The van der Waals surface area contributed by atoms with Gasteiger partial charge in [-0.2, -0.15) is 15.1 Å². The number of hydrazone groups is 1. The fraction of sp³-hybridized carbons (Fsp3) is 0.200. The average Bonchev–Trinajstić information content (AvgIpc) is 3.30. The van der Waals surface area contributed by atoms with Crippen molar-refractivity contribution in [3.05, 3.63) is 71.1 Å². The number of aryl methyl sites for hydroxylation is 1. The molecule has 5 rings (SSSR count). The zero-order chi connectivity index (χ0) is 22.4. The first kappa shape index (κ1) is 20.5. The Bertz CT molecular complexity index is 1380. The number of thioether (sulfide) groups is 1. The van der Waals surface area contributed by atoms with Crippen LogP contribution in [0.25, 0.3) is 22.5 Å². The molecule has 0 unspecified atom stereocenters. The van der Waals surface area contributed by atoms with Gasteiger partial charge in [-0.15, -0.1) is 0 Å². The second-order valence-corrected chi connectivity index (χ2v) is 9.00. The molecule has 0 spiro atoms. The molecule has 32 heavy (non-hydrogen) atoms. The van der Waals surface area contributed by atoms with E-state index < -0.39 is 5.91 Å². The van der Waals surface area contributed by atoms with Gasteiger partial charge in [0.1, 0.15) is 5.04 Å². The molecule has 2 aromatic carbocycles. The highest BCUT2D eigenvalue weighted by Gasteiger charge is 2.35. The number of aliphatic imine (C=N–C) groups is 1. The van der Waals surface area contributed by atoms with E-state index in [-0.39, 0.29) is 11.4 Å². The monoisotopic (exact) mass is 441 g/mol. The quantitative estimate of drug-likeness (QED) is 0.530. The van der Waals surface area contributed by atoms with Gasteiger partial charge in [0, 0.05) is 17.1 Å². The van der Waals surface area contributed by atoms with Crippen LogP contribution in [0.2, 0.25) is 0 Å². The summed E-state index contributed by atoms with van der Waals surface area (Å²) in [5, 5.41) is 18.3. The van der Waals surface area contributed by atoms with E-state index in [2.05, 4.69) is 51.9 Å². The molecule has 0 atom stereocenters. The van der Waals surface area contributed by atoms with Crippen LogP contribution in [0, 0.1) is 19.3 Å². The molecular formula is C25H23N5OS. The van der Waals surface area contributed by atoms with Crippen molar-refractivity contribution in [3.8, 4) is 5.69 Å². The van der Waals surface area contributed by atoms with Gasteiger partial charge in [0.05, 0.1) is 5.57 Å². The smallest absolute Gasteiger partial charge is 0.283 e. The molecule has 0 saturated carbocycles. The second kappa shape index (κ2) is 7.91. The predicted molar refractivity (Wildman–Crippen MR) is 133 cm³/mol. The van der Waals surface area contributed by atoms with Gasteiger partial charge in [0.25, 0.3) is 5.91 Å². The molecule has 0 radical (unpaired) electrons. The molecular weight excluding hydrogens is 418 g/mol. The molecule has 160 valence electrons. The van der Waals surface area contributed by atoms with Crippen LogP contribution in [0.15, 0.2) is 64.2 Å². The summed E-state index contributed by atoms with van der Waals surface area (Å²) in [5.74, 6) is -0.314. The number of carbonyl (C=O) groups excluding carboxylic acids is 1. The maximum atomic E-state index is 12.7. The largest absolute Gasteiger partial charge is 0.318 e. The lowest BCUT2D eigenvalue weighted by atomic mass is 10.1. The van der Waals surface area contributed by atoms with Gasteiger partial charge < -0.3 is 4.57 Å². The SMILES string of the molecule is CCCC1=NN2C(=N)/C(=C\c3cc(C)n(-c4ccc5ccccc5c4)c3C)C(=O)N=C2S1. The molecule has 2 aliphatic rings. The number of hydrogen-bond donors (Lipinski definition) is 1. The zero-order valence-electron chi connectivity index (χ0n) is 18.2. The molecule has 0 aliphatic carbocycles. The standard InChI is InChI=1S/C25H23N5OS/c1-4-7-22-28-30-23(26)21(24(31)27-25(30)32-22)14-19-12-15(2)29(16(19)3)20-11-10-17-8-5-6-9-18(17)13-20/h5-6,8-14,26H,4,7H2,1-3H3/b21-14+,26-23?. The number of amides is 1. The molecule has 1 amide bonds. The normalized spacial score (nSPS) is 17.2. The number of fused-ring (bicyclic) bond motifs is 2. The third-order valence-corrected chi connectivity index (χ3v) is 6.69.